The summed E-state index contributed by atoms with van der Waals surface area (Å²) in [4.78, 5) is 0. The van der Waals surface area contributed by atoms with Crippen LogP contribution in [0.5, 0.6) is 0 Å². The molecule has 1 saturated heterocycles. The molecule has 1 atom stereocenters. The van der Waals surface area contributed by atoms with E-state index >= 15 is 0 Å². The van der Waals surface area contributed by atoms with Crippen LogP contribution in [0.1, 0.15) is 19.3 Å². The van der Waals surface area contributed by atoms with Crippen molar-refractivity contribution in [2.45, 2.75) is 25.4 Å². The molecule has 0 radical (unpaired) electrons. The smallest absolute Gasteiger partial charge is 0.120 e. The fourth-order valence-electron chi connectivity index (χ4n) is 1.11. The number of hydrogen-bond donors (Lipinski definition) is 0. The highest BCUT2D eigenvalue weighted by molar-refractivity contribution is 6.17. The van der Waals surface area contributed by atoms with Gasteiger partial charge in [0.2, 0.25) is 0 Å². The summed E-state index contributed by atoms with van der Waals surface area (Å²) in [5.74, 6) is 0. The van der Waals surface area contributed by atoms with Crippen LogP contribution in [-0.2, 0) is 9.47 Å². The van der Waals surface area contributed by atoms with Crippen LogP contribution in [0.15, 0.2) is 0 Å². The van der Waals surface area contributed by atoms with Crippen molar-refractivity contribution in [1.29, 1.82) is 0 Å². The predicted molar refractivity (Wildman–Crippen MR) is 40.3 cm³/mol. The van der Waals surface area contributed by atoms with Crippen LogP contribution in [0.3, 0.4) is 0 Å². The van der Waals surface area contributed by atoms with Crippen LogP contribution in [0.25, 0.3) is 0 Å². The summed E-state index contributed by atoms with van der Waals surface area (Å²) in [6, 6.07) is 0.278. The van der Waals surface area contributed by atoms with E-state index in [2.05, 4.69) is 0 Å². The summed E-state index contributed by atoms with van der Waals surface area (Å²) < 4.78 is 10.4. The molecule has 1 heterocycles. The lowest BCUT2D eigenvalue weighted by Crippen LogP contribution is -2.24. The average molecular weight is 165 g/mol. The Morgan fingerprint density at radius 1 is 1.50 bits per heavy atom. The van der Waals surface area contributed by atoms with Gasteiger partial charge in [-0.3, -0.25) is 0 Å². The molecule has 0 amide bonds. The first-order chi connectivity index (χ1) is 4.93. The van der Waals surface area contributed by atoms with Crippen molar-refractivity contribution in [3.8, 4) is 0 Å². The van der Waals surface area contributed by atoms with Crippen LogP contribution >= 0.6 is 11.6 Å². The van der Waals surface area contributed by atoms with Gasteiger partial charge in [0.15, 0.2) is 0 Å². The molecule has 0 bridgehead atoms. The molecule has 1 unspecified atom stereocenters. The SMILES string of the molecule is ClCOCC1CCCCO1. The Balaban J connectivity index is 2.02. The minimum absolute atomic E-state index is 0.278. The van der Waals surface area contributed by atoms with Crippen LogP contribution in [0, 0.1) is 0 Å². The van der Waals surface area contributed by atoms with E-state index in [9.17, 15) is 0 Å². The number of alkyl halides is 1. The Bertz CT molecular complexity index is 81.7. The second kappa shape index (κ2) is 4.94. The van der Waals surface area contributed by atoms with Gasteiger partial charge in [0, 0.05) is 6.61 Å². The monoisotopic (exact) mass is 164 g/mol. The summed E-state index contributed by atoms with van der Waals surface area (Å²) in [6.45, 7) is 1.54. The molecule has 10 heavy (non-hydrogen) atoms. The highest BCUT2D eigenvalue weighted by atomic mass is 35.5. The lowest BCUT2D eigenvalue weighted by atomic mass is 10.1. The van der Waals surface area contributed by atoms with Gasteiger partial charge in [-0.1, -0.05) is 11.6 Å². The zero-order chi connectivity index (χ0) is 7.23. The standard InChI is InChI=1S/C7H13ClO2/c8-6-9-5-7-3-1-2-4-10-7/h7H,1-6H2. The normalized spacial score (nSPS) is 26.7. The maximum Gasteiger partial charge on any atom is 0.120 e. The molecule has 0 spiro atoms. The molecule has 60 valence electrons. The molecule has 0 aliphatic carbocycles. The van der Waals surface area contributed by atoms with Crippen molar-refractivity contribution >= 4 is 11.6 Å². The zero-order valence-corrected chi connectivity index (χ0v) is 6.77. The Hall–Kier alpha value is 0.210. The lowest BCUT2D eigenvalue weighted by molar-refractivity contribution is -0.0323. The summed E-state index contributed by atoms with van der Waals surface area (Å²) in [5.41, 5.74) is 0. The molecule has 1 rings (SSSR count). The summed E-state index contributed by atoms with van der Waals surface area (Å²) >= 11 is 5.34. The number of halogens is 1. The Labute approximate surface area is 66.5 Å². The Morgan fingerprint density at radius 2 is 2.40 bits per heavy atom. The summed E-state index contributed by atoms with van der Waals surface area (Å²) in [5, 5.41) is 0. The van der Waals surface area contributed by atoms with Crippen molar-refractivity contribution in [2.24, 2.45) is 0 Å². The second-order valence-corrected chi connectivity index (χ2v) is 2.69. The van der Waals surface area contributed by atoms with Gasteiger partial charge in [0.1, 0.15) is 6.07 Å². The third-order valence-corrected chi connectivity index (χ3v) is 1.81. The van der Waals surface area contributed by atoms with Crippen molar-refractivity contribution in [1.82, 2.24) is 0 Å². The molecular formula is C7H13ClO2. The second-order valence-electron chi connectivity index (χ2n) is 2.47. The number of rotatable bonds is 3. The van der Waals surface area contributed by atoms with E-state index in [0.717, 1.165) is 13.0 Å². The third-order valence-electron chi connectivity index (χ3n) is 1.65. The average Bonchev–Trinajstić information content (AvgIpc) is 2.03. The van der Waals surface area contributed by atoms with E-state index < -0.39 is 0 Å². The fourth-order valence-corrected chi connectivity index (χ4v) is 1.20. The lowest BCUT2D eigenvalue weighted by Gasteiger charge is -2.21. The molecule has 0 aromatic heterocycles. The van der Waals surface area contributed by atoms with Crippen molar-refractivity contribution in [3.05, 3.63) is 0 Å². The van der Waals surface area contributed by atoms with E-state index in [1.165, 1.54) is 12.8 Å². The maximum atomic E-state index is 5.40. The first kappa shape index (κ1) is 8.31. The van der Waals surface area contributed by atoms with Gasteiger partial charge < -0.3 is 9.47 Å². The molecule has 0 aromatic carbocycles. The summed E-state index contributed by atoms with van der Waals surface area (Å²) in [6.07, 6.45) is 3.87. The molecule has 0 aromatic rings. The van der Waals surface area contributed by atoms with Gasteiger partial charge in [-0.15, -0.1) is 0 Å². The van der Waals surface area contributed by atoms with Gasteiger partial charge in [0.25, 0.3) is 0 Å². The van der Waals surface area contributed by atoms with E-state index in [0.29, 0.717) is 12.7 Å². The highest BCUT2D eigenvalue weighted by Crippen LogP contribution is 2.12. The van der Waals surface area contributed by atoms with Gasteiger partial charge in [-0.2, -0.15) is 0 Å². The van der Waals surface area contributed by atoms with Crippen LogP contribution < -0.4 is 0 Å². The minimum Gasteiger partial charge on any atom is -0.376 e. The van der Waals surface area contributed by atoms with Crippen molar-refractivity contribution in [3.63, 3.8) is 0 Å². The van der Waals surface area contributed by atoms with Crippen LogP contribution in [0.4, 0.5) is 0 Å². The predicted octanol–water partition coefficient (Wildman–Crippen LogP) is 1.77. The summed E-state index contributed by atoms with van der Waals surface area (Å²) in [7, 11) is 0. The first-order valence-corrected chi connectivity index (χ1v) is 4.22. The largest absolute Gasteiger partial charge is 0.376 e. The fraction of sp³-hybridized carbons (Fsp3) is 1.00. The number of hydrogen-bond acceptors (Lipinski definition) is 2. The molecule has 1 fully saturated rings. The third kappa shape index (κ3) is 2.86. The van der Waals surface area contributed by atoms with E-state index in [1.807, 2.05) is 0 Å². The number of ether oxygens (including phenoxy) is 2. The molecule has 2 nitrogen and oxygen atoms in total. The maximum absolute atomic E-state index is 5.40. The van der Waals surface area contributed by atoms with E-state index in [1.54, 1.807) is 0 Å². The van der Waals surface area contributed by atoms with Crippen molar-refractivity contribution in [2.75, 3.05) is 19.3 Å². The molecule has 3 heteroatoms. The first-order valence-electron chi connectivity index (χ1n) is 3.69. The van der Waals surface area contributed by atoms with Crippen LogP contribution in [0.2, 0.25) is 0 Å². The minimum atomic E-state index is 0.278. The Morgan fingerprint density at radius 3 is 3.00 bits per heavy atom. The molecule has 1 aliphatic heterocycles. The molecule has 1 aliphatic rings. The van der Waals surface area contributed by atoms with Gasteiger partial charge >= 0.3 is 0 Å². The van der Waals surface area contributed by atoms with Gasteiger partial charge in [0.05, 0.1) is 12.7 Å². The van der Waals surface area contributed by atoms with Gasteiger partial charge in [-0.05, 0) is 19.3 Å². The van der Waals surface area contributed by atoms with Gasteiger partial charge in [-0.25, -0.2) is 0 Å². The molecule has 0 N–H and O–H groups in total. The van der Waals surface area contributed by atoms with E-state index in [-0.39, 0.29) is 6.07 Å². The highest BCUT2D eigenvalue weighted by Gasteiger charge is 2.12. The Kier molecular flexibility index (Phi) is 4.10. The topological polar surface area (TPSA) is 18.5 Å². The quantitative estimate of drug-likeness (QED) is 0.592. The van der Waals surface area contributed by atoms with Crippen LogP contribution in [-0.4, -0.2) is 25.4 Å². The molecular weight excluding hydrogens is 152 g/mol. The molecule has 0 saturated carbocycles. The van der Waals surface area contributed by atoms with E-state index in [4.69, 9.17) is 21.1 Å². The zero-order valence-electron chi connectivity index (χ0n) is 6.01. The van der Waals surface area contributed by atoms with Crippen molar-refractivity contribution < 1.29 is 9.47 Å².